The molecule has 0 aromatic rings. The molecule has 0 fully saturated rings. The van der Waals surface area contributed by atoms with Gasteiger partial charge in [0.15, 0.2) is 5.78 Å². The van der Waals surface area contributed by atoms with E-state index in [1.807, 2.05) is 13.0 Å². The molecule has 0 spiro atoms. The first-order valence-corrected chi connectivity index (χ1v) is 6.96. The van der Waals surface area contributed by atoms with Crippen molar-refractivity contribution in [3.8, 4) is 0 Å². The van der Waals surface area contributed by atoms with Crippen LogP contribution in [-0.4, -0.2) is 5.78 Å². The summed E-state index contributed by atoms with van der Waals surface area (Å²) >= 11 is 0. The third kappa shape index (κ3) is 11.5. The van der Waals surface area contributed by atoms with Crippen LogP contribution < -0.4 is 0 Å². The highest BCUT2D eigenvalue weighted by atomic mass is 16.1. The molecule has 0 amide bonds. The lowest BCUT2D eigenvalue weighted by Crippen LogP contribution is -1.91. The molecule has 0 aliphatic rings. The number of hydrogen-bond acceptors (Lipinski definition) is 1. The third-order valence-corrected chi connectivity index (χ3v) is 2.88. The summed E-state index contributed by atoms with van der Waals surface area (Å²) in [4.78, 5) is 11.2. The summed E-state index contributed by atoms with van der Waals surface area (Å²) in [5.41, 5.74) is 0. The molecule has 0 bridgehead atoms. The molecule has 16 heavy (non-hydrogen) atoms. The Balaban J connectivity index is 3.07. The van der Waals surface area contributed by atoms with E-state index >= 15 is 0 Å². The number of unbranched alkanes of at least 4 members (excludes halogenated alkanes) is 8. The first kappa shape index (κ1) is 15.4. The Morgan fingerprint density at radius 3 is 1.88 bits per heavy atom. The number of carbonyl (C=O) groups excluding carboxylic acids is 1. The normalized spacial score (nSPS) is 11.1. The van der Waals surface area contributed by atoms with Gasteiger partial charge in [0.05, 0.1) is 0 Å². The molecule has 0 saturated heterocycles. The molecule has 94 valence electrons. The van der Waals surface area contributed by atoms with Crippen molar-refractivity contribution in [2.75, 3.05) is 0 Å². The second kappa shape index (κ2) is 12.5. The number of hydrogen-bond donors (Lipinski definition) is 0. The van der Waals surface area contributed by atoms with Crippen molar-refractivity contribution in [2.24, 2.45) is 0 Å². The monoisotopic (exact) mass is 224 g/mol. The molecule has 0 aromatic heterocycles. The summed E-state index contributed by atoms with van der Waals surface area (Å²) in [6, 6.07) is 0. The lowest BCUT2D eigenvalue weighted by molar-refractivity contribution is -0.114. The summed E-state index contributed by atoms with van der Waals surface area (Å²) in [6.07, 6.45) is 16.1. The van der Waals surface area contributed by atoms with Crippen LogP contribution in [0, 0.1) is 0 Å². The Hall–Kier alpha value is -0.590. The topological polar surface area (TPSA) is 17.1 Å². The minimum atomic E-state index is 0.283. The van der Waals surface area contributed by atoms with Crippen molar-refractivity contribution in [2.45, 2.75) is 78.1 Å². The van der Waals surface area contributed by atoms with Gasteiger partial charge in [-0.1, -0.05) is 64.4 Å². The van der Waals surface area contributed by atoms with E-state index in [1.54, 1.807) is 6.08 Å². The molecule has 0 atom stereocenters. The zero-order valence-corrected chi connectivity index (χ0v) is 11.1. The Morgan fingerprint density at radius 2 is 1.38 bits per heavy atom. The fraction of sp³-hybridized carbons (Fsp3) is 0.800. The van der Waals surface area contributed by atoms with E-state index in [1.165, 1.54) is 51.4 Å². The van der Waals surface area contributed by atoms with Crippen molar-refractivity contribution in [3.05, 3.63) is 12.2 Å². The molecular weight excluding hydrogens is 196 g/mol. The van der Waals surface area contributed by atoms with Gasteiger partial charge in [-0.15, -0.1) is 0 Å². The highest BCUT2D eigenvalue weighted by Crippen LogP contribution is 2.10. The van der Waals surface area contributed by atoms with E-state index in [-0.39, 0.29) is 5.78 Å². The van der Waals surface area contributed by atoms with E-state index in [2.05, 4.69) is 6.92 Å². The van der Waals surface area contributed by atoms with Crippen LogP contribution in [0.15, 0.2) is 12.2 Å². The van der Waals surface area contributed by atoms with E-state index in [9.17, 15) is 4.79 Å². The van der Waals surface area contributed by atoms with Crippen molar-refractivity contribution in [3.63, 3.8) is 0 Å². The van der Waals surface area contributed by atoms with Crippen LogP contribution in [0.25, 0.3) is 0 Å². The fourth-order valence-electron chi connectivity index (χ4n) is 1.88. The lowest BCUT2D eigenvalue weighted by Gasteiger charge is -2.00. The van der Waals surface area contributed by atoms with Gasteiger partial charge in [0.25, 0.3) is 0 Å². The molecule has 0 aliphatic heterocycles. The second-order valence-electron chi connectivity index (χ2n) is 4.54. The standard InChI is InChI=1S/C15H28O/c1-3-5-6-7-8-9-10-11-12-14-15(16)13-4-2/h4,13H,3,5-12,14H2,1-2H3/b13-4+. The Kier molecular flexibility index (Phi) is 12.0. The van der Waals surface area contributed by atoms with Gasteiger partial charge in [-0.25, -0.2) is 0 Å². The van der Waals surface area contributed by atoms with E-state index in [0.29, 0.717) is 0 Å². The maximum Gasteiger partial charge on any atom is 0.155 e. The summed E-state index contributed by atoms with van der Waals surface area (Å²) < 4.78 is 0. The summed E-state index contributed by atoms with van der Waals surface area (Å²) in [7, 11) is 0. The average Bonchev–Trinajstić information content (AvgIpc) is 2.27. The van der Waals surface area contributed by atoms with Crippen LogP contribution >= 0.6 is 0 Å². The highest BCUT2D eigenvalue weighted by molar-refractivity contribution is 5.89. The van der Waals surface area contributed by atoms with Crippen LogP contribution in [0.5, 0.6) is 0 Å². The third-order valence-electron chi connectivity index (χ3n) is 2.88. The van der Waals surface area contributed by atoms with Crippen LogP contribution in [0.2, 0.25) is 0 Å². The molecule has 0 N–H and O–H groups in total. The first-order valence-electron chi connectivity index (χ1n) is 6.96. The van der Waals surface area contributed by atoms with Crippen molar-refractivity contribution in [1.29, 1.82) is 0 Å². The summed E-state index contributed by atoms with van der Waals surface area (Å²) in [5, 5.41) is 0. The van der Waals surface area contributed by atoms with Gasteiger partial charge in [-0.2, -0.15) is 0 Å². The van der Waals surface area contributed by atoms with Gasteiger partial charge < -0.3 is 0 Å². The predicted molar refractivity (Wildman–Crippen MR) is 71.7 cm³/mol. The van der Waals surface area contributed by atoms with Crippen molar-refractivity contribution < 1.29 is 4.79 Å². The van der Waals surface area contributed by atoms with Gasteiger partial charge in [-0.05, 0) is 19.4 Å². The Morgan fingerprint density at radius 1 is 0.875 bits per heavy atom. The van der Waals surface area contributed by atoms with Crippen LogP contribution in [0.4, 0.5) is 0 Å². The van der Waals surface area contributed by atoms with Gasteiger partial charge >= 0.3 is 0 Å². The smallest absolute Gasteiger partial charge is 0.155 e. The maximum absolute atomic E-state index is 11.2. The number of allylic oxidation sites excluding steroid dienone is 2. The molecule has 1 heteroatoms. The summed E-state index contributed by atoms with van der Waals surface area (Å²) in [5.74, 6) is 0.283. The molecular formula is C15H28O. The quantitative estimate of drug-likeness (QED) is 0.354. The molecule has 0 radical (unpaired) electrons. The van der Waals surface area contributed by atoms with Gasteiger partial charge in [0.1, 0.15) is 0 Å². The summed E-state index contributed by atoms with van der Waals surface area (Å²) in [6.45, 7) is 4.15. The molecule has 0 aromatic carbocycles. The van der Waals surface area contributed by atoms with Gasteiger partial charge in [-0.3, -0.25) is 4.79 Å². The molecule has 0 aliphatic carbocycles. The fourth-order valence-corrected chi connectivity index (χ4v) is 1.88. The highest BCUT2D eigenvalue weighted by Gasteiger charge is 1.96. The number of ketones is 1. The van der Waals surface area contributed by atoms with Gasteiger partial charge in [0, 0.05) is 6.42 Å². The Labute approximate surface area is 101 Å². The number of carbonyl (C=O) groups is 1. The molecule has 1 nitrogen and oxygen atoms in total. The molecule has 0 heterocycles. The van der Waals surface area contributed by atoms with Crippen molar-refractivity contribution in [1.82, 2.24) is 0 Å². The van der Waals surface area contributed by atoms with Crippen molar-refractivity contribution >= 4 is 5.78 Å². The minimum Gasteiger partial charge on any atom is -0.295 e. The van der Waals surface area contributed by atoms with Crippen LogP contribution in [0.1, 0.15) is 78.1 Å². The maximum atomic E-state index is 11.2. The van der Waals surface area contributed by atoms with Crippen LogP contribution in [-0.2, 0) is 4.79 Å². The molecule has 0 rings (SSSR count). The molecule has 0 saturated carbocycles. The Bertz CT molecular complexity index is 182. The zero-order valence-electron chi connectivity index (χ0n) is 11.1. The largest absolute Gasteiger partial charge is 0.295 e. The predicted octanol–water partition coefficient (Wildman–Crippen LogP) is 5.05. The average molecular weight is 224 g/mol. The zero-order chi connectivity index (χ0) is 12.1. The van der Waals surface area contributed by atoms with E-state index in [0.717, 1.165) is 12.8 Å². The van der Waals surface area contributed by atoms with Gasteiger partial charge in [0.2, 0.25) is 0 Å². The SMILES string of the molecule is C/C=C/C(=O)CCCCCCCCCCC. The van der Waals surface area contributed by atoms with Crippen LogP contribution in [0.3, 0.4) is 0 Å². The molecule has 0 unspecified atom stereocenters. The van der Waals surface area contributed by atoms with E-state index < -0.39 is 0 Å². The van der Waals surface area contributed by atoms with E-state index in [4.69, 9.17) is 0 Å². The second-order valence-corrected chi connectivity index (χ2v) is 4.54. The first-order chi connectivity index (χ1) is 7.81. The lowest BCUT2D eigenvalue weighted by atomic mass is 10.1. The number of rotatable bonds is 11. The minimum absolute atomic E-state index is 0.283.